The summed E-state index contributed by atoms with van der Waals surface area (Å²) in [7, 11) is 1.35. The second-order valence-electron chi connectivity index (χ2n) is 6.18. The molecule has 6 nitrogen and oxygen atoms in total. The molecule has 0 amide bonds. The second-order valence-corrected chi connectivity index (χ2v) is 6.18. The van der Waals surface area contributed by atoms with Crippen molar-refractivity contribution < 1.29 is 18.4 Å². The van der Waals surface area contributed by atoms with Gasteiger partial charge in [0.05, 0.1) is 20.2 Å². The molecule has 140 valence electrons. The van der Waals surface area contributed by atoms with Crippen LogP contribution in [-0.4, -0.2) is 34.7 Å². The SMILES string of the molecule is COC(=O)CN(Cc1ccccc1)Cc1nc(-c2ccc(C)c(F)c2)no1. The summed E-state index contributed by atoms with van der Waals surface area (Å²) in [6.45, 7) is 2.56. The van der Waals surface area contributed by atoms with Crippen LogP contribution < -0.4 is 0 Å². The van der Waals surface area contributed by atoms with E-state index < -0.39 is 0 Å². The Morgan fingerprint density at radius 2 is 1.96 bits per heavy atom. The maximum atomic E-state index is 13.8. The standard InChI is InChI=1S/C20H20FN3O3/c1-14-8-9-16(10-17(14)21)20-22-18(27-23-20)12-24(13-19(25)26-2)11-15-6-4-3-5-7-15/h3-10H,11-13H2,1-2H3. The van der Waals surface area contributed by atoms with Gasteiger partial charge in [0.1, 0.15) is 5.82 Å². The molecule has 0 aliphatic carbocycles. The summed E-state index contributed by atoms with van der Waals surface area (Å²) in [6, 6.07) is 14.5. The lowest BCUT2D eigenvalue weighted by atomic mass is 10.1. The van der Waals surface area contributed by atoms with Gasteiger partial charge in [0.15, 0.2) is 0 Å². The van der Waals surface area contributed by atoms with E-state index in [-0.39, 0.29) is 24.9 Å². The van der Waals surface area contributed by atoms with Crippen molar-refractivity contribution in [3.8, 4) is 11.4 Å². The first kappa shape index (κ1) is 18.7. The van der Waals surface area contributed by atoms with Crippen LogP contribution in [0.15, 0.2) is 53.1 Å². The smallest absolute Gasteiger partial charge is 0.319 e. The fourth-order valence-corrected chi connectivity index (χ4v) is 2.62. The third kappa shape index (κ3) is 4.98. The van der Waals surface area contributed by atoms with Gasteiger partial charge in [-0.2, -0.15) is 4.98 Å². The molecule has 3 aromatic rings. The van der Waals surface area contributed by atoms with Crippen LogP contribution in [-0.2, 0) is 22.6 Å². The number of nitrogens with zero attached hydrogens (tertiary/aromatic N) is 3. The minimum Gasteiger partial charge on any atom is -0.468 e. The number of ether oxygens (including phenoxy) is 1. The Morgan fingerprint density at radius 1 is 1.19 bits per heavy atom. The third-order valence-electron chi connectivity index (χ3n) is 4.09. The first-order chi connectivity index (χ1) is 13.0. The Kier molecular flexibility index (Phi) is 5.93. The van der Waals surface area contributed by atoms with E-state index in [0.29, 0.717) is 29.4 Å². The zero-order chi connectivity index (χ0) is 19.2. The number of halogens is 1. The predicted molar refractivity (Wildman–Crippen MR) is 97.0 cm³/mol. The summed E-state index contributed by atoms with van der Waals surface area (Å²) >= 11 is 0. The highest BCUT2D eigenvalue weighted by Crippen LogP contribution is 2.19. The van der Waals surface area contributed by atoms with Gasteiger partial charge in [-0.3, -0.25) is 9.69 Å². The van der Waals surface area contributed by atoms with E-state index >= 15 is 0 Å². The number of aryl methyl sites for hydroxylation is 1. The molecule has 1 heterocycles. The van der Waals surface area contributed by atoms with Gasteiger partial charge in [-0.25, -0.2) is 4.39 Å². The molecule has 0 bridgehead atoms. The number of hydrogen-bond acceptors (Lipinski definition) is 6. The lowest BCUT2D eigenvalue weighted by Gasteiger charge is -2.19. The predicted octanol–water partition coefficient (Wildman–Crippen LogP) is 3.36. The van der Waals surface area contributed by atoms with Gasteiger partial charge in [0.2, 0.25) is 11.7 Å². The van der Waals surface area contributed by atoms with Crippen molar-refractivity contribution in [3.63, 3.8) is 0 Å². The van der Waals surface area contributed by atoms with Crippen molar-refractivity contribution in [2.45, 2.75) is 20.0 Å². The first-order valence-corrected chi connectivity index (χ1v) is 8.47. The Hall–Kier alpha value is -3.06. The Labute approximate surface area is 156 Å². The Morgan fingerprint density at radius 3 is 2.67 bits per heavy atom. The van der Waals surface area contributed by atoms with Crippen LogP contribution >= 0.6 is 0 Å². The summed E-state index contributed by atoms with van der Waals surface area (Å²) in [5.74, 6) is -0.0334. The van der Waals surface area contributed by atoms with Crippen LogP contribution in [0.25, 0.3) is 11.4 Å². The van der Waals surface area contributed by atoms with E-state index in [0.717, 1.165) is 5.56 Å². The molecular weight excluding hydrogens is 349 g/mol. The molecule has 0 radical (unpaired) electrons. The van der Waals surface area contributed by atoms with E-state index in [2.05, 4.69) is 10.1 Å². The number of hydrogen-bond donors (Lipinski definition) is 0. The summed E-state index contributed by atoms with van der Waals surface area (Å²) < 4.78 is 23.8. The van der Waals surface area contributed by atoms with Crippen molar-refractivity contribution in [1.82, 2.24) is 15.0 Å². The molecule has 1 aromatic heterocycles. The molecule has 0 atom stereocenters. The highest BCUT2D eigenvalue weighted by atomic mass is 19.1. The maximum absolute atomic E-state index is 13.8. The molecule has 0 saturated carbocycles. The number of esters is 1. The summed E-state index contributed by atoms with van der Waals surface area (Å²) in [5.41, 5.74) is 2.13. The quantitative estimate of drug-likeness (QED) is 0.595. The molecular formula is C20H20FN3O3. The van der Waals surface area contributed by atoms with E-state index in [9.17, 15) is 9.18 Å². The highest BCUT2D eigenvalue weighted by Gasteiger charge is 2.17. The van der Waals surface area contributed by atoms with Crippen LogP contribution in [0.3, 0.4) is 0 Å². The fraction of sp³-hybridized carbons (Fsp3) is 0.250. The van der Waals surface area contributed by atoms with E-state index in [1.165, 1.54) is 13.2 Å². The van der Waals surface area contributed by atoms with Gasteiger partial charge in [-0.15, -0.1) is 0 Å². The average molecular weight is 369 g/mol. The van der Waals surface area contributed by atoms with Crippen molar-refractivity contribution in [2.75, 3.05) is 13.7 Å². The summed E-state index contributed by atoms with van der Waals surface area (Å²) in [5, 5.41) is 3.92. The molecule has 0 aliphatic heterocycles. The van der Waals surface area contributed by atoms with E-state index in [1.807, 2.05) is 35.2 Å². The minimum absolute atomic E-state index is 0.0856. The third-order valence-corrected chi connectivity index (χ3v) is 4.09. The van der Waals surface area contributed by atoms with Crippen molar-refractivity contribution in [3.05, 3.63) is 71.4 Å². The van der Waals surface area contributed by atoms with Crippen LogP contribution in [0, 0.1) is 12.7 Å². The largest absolute Gasteiger partial charge is 0.468 e. The van der Waals surface area contributed by atoms with Crippen molar-refractivity contribution in [1.29, 1.82) is 0 Å². The number of carbonyl (C=O) groups is 1. The number of rotatable bonds is 7. The molecule has 0 unspecified atom stereocenters. The lowest BCUT2D eigenvalue weighted by molar-refractivity contribution is -0.142. The molecule has 7 heteroatoms. The van der Waals surface area contributed by atoms with Crippen molar-refractivity contribution >= 4 is 5.97 Å². The van der Waals surface area contributed by atoms with Crippen LogP contribution in [0.5, 0.6) is 0 Å². The highest BCUT2D eigenvalue weighted by molar-refractivity contribution is 5.71. The molecule has 0 fully saturated rings. The van der Waals surface area contributed by atoms with Gasteiger partial charge in [-0.1, -0.05) is 47.6 Å². The molecule has 0 spiro atoms. The first-order valence-electron chi connectivity index (χ1n) is 8.47. The number of methoxy groups -OCH3 is 1. The average Bonchev–Trinajstić information content (AvgIpc) is 3.13. The molecule has 0 N–H and O–H groups in total. The normalized spacial score (nSPS) is 11.0. The Balaban J connectivity index is 1.76. The van der Waals surface area contributed by atoms with Gasteiger partial charge < -0.3 is 9.26 Å². The summed E-state index contributed by atoms with van der Waals surface area (Å²) in [4.78, 5) is 17.9. The maximum Gasteiger partial charge on any atom is 0.319 e. The van der Waals surface area contributed by atoms with E-state index in [1.54, 1.807) is 19.1 Å². The zero-order valence-corrected chi connectivity index (χ0v) is 15.2. The zero-order valence-electron chi connectivity index (χ0n) is 15.2. The van der Waals surface area contributed by atoms with Gasteiger partial charge in [0, 0.05) is 12.1 Å². The van der Waals surface area contributed by atoms with Crippen LogP contribution in [0.4, 0.5) is 4.39 Å². The fourth-order valence-electron chi connectivity index (χ4n) is 2.62. The van der Waals surface area contributed by atoms with Crippen LogP contribution in [0.1, 0.15) is 17.0 Å². The van der Waals surface area contributed by atoms with Gasteiger partial charge in [0.25, 0.3) is 0 Å². The Bertz CT molecular complexity index is 912. The van der Waals surface area contributed by atoms with Crippen LogP contribution in [0.2, 0.25) is 0 Å². The molecule has 3 rings (SSSR count). The molecule has 0 aliphatic rings. The number of aromatic nitrogens is 2. The summed E-state index contributed by atoms with van der Waals surface area (Å²) in [6.07, 6.45) is 0. The van der Waals surface area contributed by atoms with Crippen molar-refractivity contribution in [2.24, 2.45) is 0 Å². The second kappa shape index (κ2) is 8.55. The van der Waals surface area contributed by atoms with E-state index in [4.69, 9.17) is 9.26 Å². The lowest BCUT2D eigenvalue weighted by Crippen LogP contribution is -2.30. The monoisotopic (exact) mass is 369 g/mol. The molecule has 2 aromatic carbocycles. The minimum atomic E-state index is -0.355. The van der Waals surface area contributed by atoms with Gasteiger partial charge >= 0.3 is 5.97 Å². The molecule has 27 heavy (non-hydrogen) atoms. The topological polar surface area (TPSA) is 68.5 Å². The molecule has 0 saturated heterocycles. The number of benzene rings is 2. The number of carbonyl (C=O) groups excluding carboxylic acids is 1. The van der Waals surface area contributed by atoms with Gasteiger partial charge in [-0.05, 0) is 24.1 Å².